The van der Waals surface area contributed by atoms with Crippen LogP contribution < -0.4 is 10.1 Å². The van der Waals surface area contributed by atoms with Gasteiger partial charge in [-0.1, -0.05) is 29.8 Å². The molecule has 1 aliphatic rings. The number of halogens is 1. The summed E-state index contributed by atoms with van der Waals surface area (Å²) in [7, 11) is 0. The molecule has 118 valence electrons. The Morgan fingerprint density at radius 1 is 1.33 bits per heavy atom. The molecule has 0 saturated carbocycles. The van der Waals surface area contributed by atoms with Crippen molar-refractivity contribution in [3.05, 3.63) is 27.7 Å². The van der Waals surface area contributed by atoms with E-state index in [1.165, 1.54) is 11.1 Å². The minimum atomic E-state index is 0.280. The van der Waals surface area contributed by atoms with Crippen LogP contribution in [0.2, 0.25) is 0 Å². The second kappa shape index (κ2) is 8.16. The van der Waals surface area contributed by atoms with Gasteiger partial charge in [-0.3, -0.25) is 0 Å². The highest BCUT2D eigenvalue weighted by Gasteiger charge is 2.18. The maximum atomic E-state index is 6.29. The van der Waals surface area contributed by atoms with Gasteiger partial charge in [0.25, 0.3) is 0 Å². The number of hydrogen-bond donors (Lipinski definition) is 1. The first kappa shape index (κ1) is 16.8. The minimum Gasteiger partial charge on any atom is -0.490 e. The van der Waals surface area contributed by atoms with Crippen molar-refractivity contribution in [3.63, 3.8) is 0 Å². The predicted octanol–water partition coefficient (Wildman–Crippen LogP) is 4.06. The first-order valence-corrected chi connectivity index (χ1v) is 8.59. The lowest BCUT2D eigenvalue weighted by molar-refractivity contribution is 0.0248. The van der Waals surface area contributed by atoms with Gasteiger partial charge in [0, 0.05) is 29.4 Å². The number of benzene rings is 1. The van der Waals surface area contributed by atoms with Gasteiger partial charge in [0.2, 0.25) is 0 Å². The van der Waals surface area contributed by atoms with E-state index in [0.29, 0.717) is 5.92 Å². The molecule has 1 aliphatic heterocycles. The van der Waals surface area contributed by atoms with Gasteiger partial charge in [0.05, 0.1) is 13.2 Å². The fourth-order valence-electron chi connectivity index (χ4n) is 2.56. The number of hydrogen-bond acceptors (Lipinski definition) is 3. The molecule has 0 bridgehead atoms. The molecule has 0 radical (unpaired) electrons. The first-order valence-electron chi connectivity index (χ1n) is 7.80. The van der Waals surface area contributed by atoms with Gasteiger partial charge < -0.3 is 14.8 Å². The van der Waals surface area contributed by atoms with Crippen LogP contribution in [0.15, 0.2) is 16.6 Å². The molecular formula is C17H26BrNO2. The summed E-state index contributed by atoms with van der Waals surface area (Å²) in [6.45, 7) is 10.0. The smallest absolute Gasteiger partial charge is 0.127 e. The molecule has 0 atom stereocenters. The highest BCUT2D eigenvalue weighted by atomic mass is 79.9. The molecule has 0 spiro atoms. The zero-order valence-electron chi connectivity index (χ0n) is 13.2. The van der Waals surface area contributed by atoms with Crippen LogP contribution in [0, 0.1) is 12.8 Å². The van der Waals surface area contributed by atoms with E-state index in [9.17, 15) is 0 Å². The minimum absolute atomic E-state index is 0.280. The quantitative estimate of drug-likeness (QED) is 0.834. The molecular weight excluding hydrogens is 330 g/mol. The van der Waals surface area contributed by atoms with Gasteiger partial charge in [-0.25, -0.2) is 0 Å². The highest BCUT2D eigenvalue weighted by molar-refractivity contribution is 9.10. The van der Waals surface area contributed by atoms with Crippen LogP contribution in [-0.2, 0) is 11.3 Å². The van der Waals surface area contributed by atoms with Crippen molar-refractivity contribution in [1.82, 2.24) is 5.32 Å². The monoisotopic (exact) mass is 355 g/mol. The fraction of sp³-hybridized carbons (Fsp3) is 0.647. The van der Waals surface area contributed by atoms with E-state index < -0.39 is 0 Å². The van der Waals surface area contributed by atoms with Crippen molar-refractivity contribution >= 4 is 15.9 Å². The normalized spacial score (nSPS) is 16.4. The summed E-state index contributed by atoms with van der Waals surface area (Å²) in [4.78, 5) is 0. The first-order chi connectivity index (χ1) is 10.1. The average molecular weight is 356 g/mol. The summed E-state index contributed by atoms with van der Waals surface area (Å²) >= 11 is 3.59. The second-order valence-electron chi connectivity index (χ2n) is 6.17. The number of rotatable bonds is 6. The zero-order chi connectivity index (χ0) is 15.2. The largest absolute Gasteiger partial charge is 0.490 e. The molecule has 1 N–H and O–H groups in total. The molecule has 0 unspecified atom stereocenters. The summed E-state index contributed by atoms with van der Waals surface area (Å²) in [6.07, 6.45) is 2.24. The van der Waals surface area contributed by atoms with Crippen LogP contribution in [-0.4, -0.2) is 25.9 Å². The van der Waals surface area contributed by atoms with Crippen molar-refractivity contribution in [2.45, 2.75) is 46.3 Å². The standard InChI is InChI=1S/C17H26BrNO2/c1-12(2)10-19-11-14-9-15(18)8-13(3)17(14)21-16-4-6-20-7-5-16/h8-9,12,16,19H,4-7,10-11H2,1-3H3. The van der Waals surface area contributed by atoms with E-state index >= 15 is 0 Å². The lowest BCUT2D eigenvalue weighted by Crippen LogP contribution is -2.27. The van der Waals surface area contributed by atoms with E-state index in [1.54, 1.807) is 0 Å². The van der Waals surface area contributed by atoms with Gasteiger partial charge in [-0.2, -0.15) is 0 Å². The molecule has 4 heteroatoms. The van der Waals surface area contributed by atoms with Gasteiger partial charge in [0.15, 0.2) is 0 Å². The Balaban J connectivity index is 2.09. The van der Waals surface area contributed by atoms with E-state index in [2.05, 4.69) is 54.2 Å². The van der Waals surface area contributed by atoms with Crippen LogP contribution in [0.4, 0.5) is 0 Å². The Morgan fingerprint density at radius 2 is 2.05 bits per heavy atom. The fourth-order valence-corrected chi connectivity index (χ4v) is 3.17. The van der Waals surface area contributed by atoms with Crippen LogP contribution in [0.1, 0.15) is 37.8 Å². The third-order valence-electron chi connectivity index (χ3n) is 3.64. The molecule has 1 aromatic carbocycles. The summed E-state index contributed by atoms with van der Waals surface area (Å²) < 4.78 is 12.8. The number of aryl methyl sites for hydroxylation is 1. The molecule has 1 fully saturated rings. The third-order valence-corrected chi connectivity index (χ3v) is 4.10. The lowest BCUT2D eigenvalue weighted by atomic mass is 10.1. The van der Waals surface area contributed by atoms with Gasteiger partial charge in [-0.15, -0.1) is 0 Å². The molecule has 0 aliphatic carbocycles. The molecule has 1 aromatic rings. The Hall–Kier alpha value is -0.580. The van der Waals surface area contributed by atoms with Gasteiger partial charge in [-0.05, 0) is 37.1 Å². The Kier molecular flexibility index (Phi) is 6.52. The van der Waals surface area contributed by atoms with E-state index in [0.717, 1.165) is 49.4 Å². The zero-order valence-corrected chi connectivity index (χ0v) is 14.8. The van der Waals surface area contributed by atoms with Crippen LogP contribution in [0.25, 0.3) is 0 Å². The Bertz CT molecular complexity index is 456. The van der Waals surface area contributed by atoms with Crippen molar-refractivity contribution in [3.8, 4) is 5.75 Å². The van der Waals surface area contributed by atoms with Crippen molar-refractivity contribution in [1.29, 1.82) is 0 Å². The summed E-state index contributed by atoms with van der Waals surface area (Å²) in [5.41, 5.74) is 2.42. The van der Waals surface area contributed by atoms with E-state index in [4.69, 9.17) is 9.47 Å². The summed E-state index contributed by atoms with van der Waals surface area (Å²) in [6, 6.07) is 4.29. The Labute approximate surface area is 136 Å². The van der Waals surface area contributed by atoms with Crippen LogP contribution in [0.3, 0.4) is 0 Å². The van der Waals surface area contributed by atoms with Crippen LogP contribution >= 0.6 is 15.9 Å². The van der Waals surface area contributed by atoms with Crippen molar-refractivity contribution in [2.75, 3.05) is 19.8 Å². The number of nitrogens with one attached hydrogen (secondary N) is 1. The molecule has 1 heterocycles. The average Bonchev–Trinajstić information content (AvgIpc) is 2.43. The third kappa shape index (κ3) is 5.28. The topological polar surface area (TPSA) is 30.5 Å². The molecule has 0 aromatic heterocycles. The highest BCUT2D eigenvalue weighted by Crippen LogP contribution is 2.30. The predicted molar refractivity (Wildman–Crippen MR) is 89.9 cm³/mol. The van der Waals surface area contributed by atoms with E-state index in [1.807, 2.05) is 0 Å². The summed E-state index contributed by atoms with van der Waals surface area (Å²) in [5.74, 6) is 1.69. The van der Waals surface area contributed by atoms with Crippen molar-refractivity contribution in [2.24, 2.45) is 5.92 Å². The Morgan fingerprint density at radius 3 is 2.71 bits per heavy atom. The molecule has 3 nitrogen and oxygen atoms in total. The molecule has 21 heavy (non-hydrogen) atoms. The number of ether oxygens (including phenoxy) is 2. The maximum absolute atomic E-state index is 6.29. The summed E-state index contributed by atoms with van der Waals surface area (Å²) in [5, 5.41) is 3.51. The maximum Gasteiger partial charge on any atom is 0.127 e. The van der Waals surface area contributed by atoms with Gasteiger partial charge in [0.1, 0.15) is 11.9 Å². The lowest BCUT2D eigenvalue weighted by Gasteiger charge is -2.26. The molecule has 0 amide bonds. The van der Waals surface area contributed by atoms with Gasteiger partial charge >= 0.3 is 0 Å². The van der Waals surface area contributed by atoms with Crippen LogP contribution in [0.5, 0.6) is 5.75 Å². The molecule has 1 saturated heterocycles. The second-order valence-corrected chi connectivity index (χ2v) is 7.08. The SMILES string of the molecule is Cc1cc(Br)cc(CNCC(C)C)c1OC1CCOCC1. The molecule has 2 rings (SSSR count). The van der Waals surface area contributed by atoms with E-state index in [-0.39, 0.29) is 6.10 Å². The van der Waals surface area contributed by atoms with Crippen molar-refractivity contribution < 1.29 is 9.47 Å².